The van der Waals surface area contributed by atoms with Crippen molar-refractivity contribution < 1.29 is 28.0 Å². The molecule has 0 aromatic rings. The van der Waals surface area contributed by atoms with Gasteiger partial charge in [0.05, 0.1) is 12.2 Å². The van der Waals surface area contributed by atoms with Gasteiger partial charge in [0.25, 0.3) is 7.82 Å². The van der Waals surface area contributed by atoms with Crippen molar-refractivity contribution in [2.75, 3.05) is 14.2 Å². The Balaban J connectivity index is 0.000000921. The molecule has 2 aliphatic rings. The van der Waals surface area contributed by atoms with Gasteiger partial charge in [-0.25, -0.2) is 0 Å². The molecule has 1 heterocycles. The Kier molecular flexibility index (Phi) is 9.25. The highest BCUT2D eigenvalue weighted by molar-refractivity contribution is 7.45. The zero-order valence-corrected chi connectivity index (χ0v) is 15.1. The maximum absolute atomic E-state index is 11.5. The van der Waals surface area contributed by atoms with Crippen molar-refractivity contribution in [3.63, 3.8) is 0 Å². The number of hydrogen-bond acceptors (Lipinski definition) is 6. The fraction of sp³-hybridized carbons (Fsp3) is 1.00. The molecule has 0 amide bonds. The maximum Gasteiger partial charge on any atom is 0.268 e. The second kappa shape index (κ2) is 9.23. The Hall–Kier alpha value is 0.0300. The normalized spacial score (nSPS) is 36.7. The monoisotopic (exact) mass is 325 g/mol. The van der Waals surface area contributed by atoms with Crippen LogP contribution >= 0.6 is 7.82 Å². The second-order valence-corrected chi connectivity index (χ2v) is 6.11. The van der Waals surface area contributed by atoms with E-state index >= 15 is 0 Å². The summed E-state index contributed by atoms with van der Waals surface area (Å²) < 4.78 is 32.1. The van der Waals surface area contributed by atoms with Crippen LogP contribution in [0, 0.1) is 0 Å². The lowest BCUT2D eigenvalue weighted by molar-refractivity contribution is -0.236. The van der Waals surface area contributed by atoms with Crippen molar-refractivity contribution in [3.8, 4) is 0 Å². The predicted molar refractivity (Wildman–Crippen MR) is 80.1 cm³/mol. The van der Waals surface area contributed by atoms with Crippen LogP contribution in [-0.4, -0.2) is 38.1 Å². The Morgan fingerprint density at radius 3 is 2.29 bits per heavy atom. The molecule has 1 saturated carbocycles. The van der Waals surface area contributed by atoms with Crippen molar-refractivity contribution in [1.82, 2.24) is 0 Å². The van der Waals surface area contributed by atoms with Crippen LogP contribution in [0.1, 0.15) is 53.9 Å². The first-order chi connectivity index (χ1) is 9.92. The number of phosphoric acid groups is 1. The largest absolute Gasteiger partial charge is 0.756 e. The molecule has 0 N–H and O–H groups in total. The molecular formula is C14H30O6P-. The summed E-state index contributed by atoms with van der Waals surface area (Å²) in [6.07, 6.45) is 1.41. The molecular weight excluding hydrogens is 295 g/mol. The van der Waals surface area contributed by atoms with Gasteiger partial charge in [0.1, 0.15) is 11.7 Å². The summed E-state index contributed by atoms with van der Waals surface area (Å²) in [5.74, 6) is 0. The van der Waals surface area contributed by atoms with E-state index in [2.05, 4.69) is 4.52 Å². The molecule has 21 heavy (non-hydrogen) atoms. The van der Waals surface area contributed by atoms with Gasteiger partial charge in [0, 0.05) is 20.6 Å². The highest BCUT2D eigenvalue weighted by Gasteiger charge is 2.57. The molecule has 128 valence electrons. The van der Waals surface area contributed by atoms with Crippen LogP contribution in [0.25, 0.3) is 0 Å². The molecule has 2 rings (SSSR count). The average molecular weight is 325 g/mol. The fourth-order valence-electron chi connectivity index (χ4n) is 2.87. The number of hydrogen-bond donors (Lipinski definition) is 0. The van der Waals surface area contributed by atoms with Gasteiger partial charge in [-0.2, -0.15) is 0 Å². The minimum Gasteiger partial charge on any atom is -0.756 e. The van der Waals surface area contributed by atoms with E-state index in [9.17, 15) is 9.46 Å². The van der Waals surface area contributed by atoms with Crippen molar-refractivity contribution in [2.45, 2.75) is 77.8 Å². The summed E-state index contributed by atoms with van der Waals surface area (Å²) in [5.41, 5.74) is -0.812. The molecule has 1 saturated heterocycles. The van der Waals surface area contributed by atoms with E-state index < -0.39 is 13.4 Å². The van der Waals surface area contributed by atoms with E-state index in [-0.39, 0.29) is 18.3 Å². The fourth-order valence-corrected chi connectivity index (χ4v) is 3.66. The quantitative estimate of drug-likeness (QED) is 0.740. The first kappa shape index (κ1) is 21.0. The minimum absolute atomic E-state index is 0.0326. The van der Waals surface area contributed by atoms with Gasteiger partial charge in [0.15, 0.2) is 0 Å². The number of methoxy groups -OCH3 is 1. The topological polar surface area (TPSA) is 77.1 Å². The molecule has 0 aromatic carbocycles. The van der Waals surface area contributed by atoms with Gasteiger partial charge in [-0.1, -0.05) is 27.7 Å². The first-order valence-electron chi connectivity index (χ1n) is 7.68. The molecule has 0 bridgehead atoms. The zero-order valence-electron chi connectivity index (χ0n) is 14.3. The highest BCUT2D eigenvalue weighted by Crippen LogP contribution is 2.54. The van der Waals surface area contributed by atoms with Gasteiger partial charge in [0.2, 0.25) is 0 Å². The second-order valence-electron chi connectivity index (χ2n) is 4.67. The number of fused-ring (bicyclic) bond motifs is 1. The van der Waals surface area contributed by atoms with Crippen LogP contribution in [0.5, 0.6) is 0 Å². The van der Waals surface area contributed by atoms with Gasteiger partial charge in [-0.05, 0) is 19.8 Å². The van der Waals surface area contributed by atoms with Crippen LogP contribution in [0.4, 0.5) is 0 Å². The average Bonchev–Trinajstić information content (AvgIpc) is 2.96. The van der Waals surface area contributed by atoms with Crippen LogP contribution in [0.2, 0.25) is 0 Å². The van der Waals surface area contributed by atoms with Crippen LogP contribution in [-0.2, 0) is 23.1 Å². The van der Waals surface area contributed by atoms with E-state index in [0.717, 1.165) is 13.5 Å². The predicted octanol–water partition coefficient (Wildman–Crippen LogP) is 2.90. The molecule has 0 aromatic heterocycles. The third-order valence-electron chi connectivity index (χ3n) is 3.54. The molecule has 1 aliphatic heterocycles. The molecule has 0 radical (unpaired) electrons. The summed E-state index contributed by atoms with van der Waals surface area (Å²) in [6, 6.07) is 0. The van der Waals surface area contributed by atoms with E-state index in [4.69, 9.17) is 14.0 Å². The Morgan fingerprint density at radius 2 is 1.81 bits per heavy atom. The summed E-state index contributed by atoms with van der Waals surface area (Å²) in [6.45, 7) is 9.90. The number of ether oxygens (including phenoxy) is 2. The minimum atomic E-state index is -4.25. The molecule has 7 heteroatoms. The number of phosphoric ester groups is 1. The van der Waals surface area contributed by atoms with Gasteiger partial charge >= 0.3 is 0 Å². The summed E-state index contributed by atoms with van der Waals surface area (Å²) in [5, 5.41) is 0. The SMILES string of the molecule is CC.CC.CO[C@@H]1CCC2(OP(=O)([O-])OC)CC(C)OC12. The van der Waals surface area contributed by atoms with Crippen molar-refractivity contribution in [3.05, 3.63) is 0 Å². The van der Waals surface area contributed by atoms with E-state index in [1.165, 1.54) is 0 Å². The summed E-state index contributed by atoms with van der Waals surface area (Å²) >= 11 is 0. The van der Waals surface area contributed by atoms with Crippen molar-refractivity contribution >= 4 is 7.82 Å². The molecule has 4 unspecified atom stereocenters. The van der Waals surface area contributed by atoms with E-state index in [0.29, 0.717) is 12.8 Å². The zero-order chi connectivity index (χ0) is 16.7. The maximum atomic E-state index is 11.5. The Morgan fingerprint density at radius 1 is 1.24 bits per heavy atom. The van der Waals surface area contributed by atoms with Gasteiger partial charge < -0.3 is 23.4 Å². The van der Waals surface area contributed by atoms with Crippen LogP contribution < -0.4 is 4.89 Å². The van der Waals surface area contributed by atoms with Gasteiger partial charge in [-0.15, -0.1) is 0 Å². The van der Waals surface area contributed by atoms with Crippen LogP contribution in [0.15, 0.2) is 0 Å². The molecule has 6 nitrogen and oxygen atoms in total. The van der Waals surface area contributed by atoms with Crippen LogP contribution in [0.3, 0.4) is 0 Å². The molecule has 0 spiro atoms. The lowest BCUT2D eigenvalue weighted by Gasteiger charge is -2.34. The summed E-state index contributed by atoms with van der Waals surface area (Å²) in [4.78, 5) is 11.5. The number of rotatable bonds is 4. The summed E-state index contributed by atoms with van der Waals surface area (Å²) in [7, 11) is -1.55. The third-order valence-corrected chi connectivity index (χ3v) is 4.57. The first-order valence-corrected chi connectivity index (χ1v) is 9.14. The Bertz CT molecular complexity index is 337. The van der Waals surface area contributed by atoms with Crippen molar-refractivity contribution in [2.24, 2.45) is 0 Å². The smallest absolute Gasteiger partial charge is 0.268 e. The Labute approximate surface area is 128 Å². The lowest BCUT2D eigenvalue weighted by Crippen LogP contribution is -2.41. The lowest BCUT2D eigenvalue weighted by atomic mass is 9.96. The van der Waals surface area contributed by atoms with Crippen molar-refractivity contribution in [1.29, 1.82) is 0 Å². The molecule has 2 fully saturated rings. The molecule has 1 aliphatic carbocycles. The third kappa shape index (κ3) is 5.02. The standard InChI is InChI=1S/C10H19O6P.2C2H6/c1-7-6-10(16-17(11,12)14-3)5-4-8(13-2)9(10)15-7;2*1-2/h7-9H,4-6H2,1-3H3,(H,11,12);2*1-2H3/p-1/t7?,8-,9?,10?;;/m1../s1. The van der Waals surface area contributed by atoms with Gasteiger partial charge in [-0.3, -0.25) is 4.57 Å². The van der Waals surface area contributed by atoms with E-state index in [1.807, 2.05) is 34.6 Å². The van der Waals surface area contributed by atoms with E-state index in [1.54, 1.807) is 7.11 Å². The highest BCUT2D eigenvalue weighted by atomic mass is 31.2. The molecule has 5 atom stereocenters.